The number of rotatable bonds is 1. The third-order valence-corrected chi connectivity index (χ3v) is 2.78. The first-order valence-electron chi connectivity index (χ1n) is 4.54. The molecule has 19 heavy (non-hydrogen) atoms. The molecule has 0 aliphatic rings. The molecule has 1 aromatic rings. The number of alkyl halides is 6. The van der Waals surface area contributed by atoms with Crippen LogP contribution in [0.15, 0.2) is 16.6 Å². The fraction of sp³-hybridized carbons (Fsp3) is 0.300. The van der Waals surface area contributed by atoms with Gasteiger partial charge in [0.2, 0.25) is 0 Å². The van der Waals surface area contributed by atoms with Gasteiger partial charge in [-0.2, -0.15) is 26.3 Å². The van der Waals surface area contributed by atoms with E-state index in [0.717, 1.165) is 7.11 Å². The fourth-order valence-corrected chi connectivity index (χ4v) is 1.87. The zero-order chi connectivity index (χ0) is 15.0. The summed E-state index contributed by atoms with van der Waals surface area (Å²) < 4.78 is 79.0. The monoisotopic (exact) mass is 350 g/mol. The Bertz CT molecular complexity index is 506. The van der Waals surface area contributed by atoms with Crippen LogP contribution in [0.3, 0.4) is 0 Å². The Balaban J connectivity index is 3.60. The van der Waals surface area contributed by atoms with Crippen LogP contribution in [0.5, 0.6) is 0 Å². The van der Waals surface area contributed by atoms with Crippen LogP contribution in [-0.4, -0.2) is 13.1 Å². The molecule has 0 saturated heterocycles. The lowest BCUT2D eigenvalue weighted by Crippen LogP contribution is -2.17. The Morgan fingerprint density at radius 3 is 1.89 bits per heavy atom. The summed E-state index contributed by atoms with van der Waals surface area (Å²) in [5, 5.41) is 0. The van der Waals surface area contributed by atoms with Crippen LogP contribution in [0, 0.1) is 0 Å². The minimum absolute atomic E-state index is 0.129. The van der Waals surface area contributed by atoms with Gasteiger partial charge in [-0.1, -0.05) is 15.9 Å². The van der Waals surface area contributed by atoms with Crippen molar-refractivity contribution in [1.29, 1.82) is 0 Å². The minimum atomic E-state index is -5.11. The Morgan fingerprint density at radius 1 is 1.05 bits per heavy atom. The molecule has 0 radical (unpaired) electrons. The average Bonchev–Trinajstić information content (AvgIpc) is 2.24. The second kappa shape index (κ2) is 5.03. The number of ether oxygens (including phenoxy) is 1. The van der Waals surface area contributed by atoms with E-state index in [2.05, 4.69) is 20.7 Å². The first-order valence-corrected chi connectivity index (χ1v) is 5.34. The zero-order valence-corrected chi connectivity index (χ0v) is 10.7. The Hall–Kier alpha value is -1.25. The van der Waals surface area contributed by atoms with Gasteiger partial charge in [-0.3, -0.25) is 0 Å². The third-order valence-electron chi connectivity index (χ3n) is 2.12. The second-order valence-electron chi connectivity index (χ2n) is 3.36. The molecular weight excluding hydrogens is 346 g/mol. The van der Waals surface area contributed by atoms with Gasteiger partial charge in [-0.15, -0.1) is 0 Å². The highest BCUT2D eigenvalue weighted by molar-refractivity contribution is 9.10. The lowest BCUT2D eigenvalue weighted by molar-refractivity contribution is -0.143. The highest BCUT2D eigenvalue weighted by Crippen LogP contribution is 2.41. The first kappa shape index (κ1) is 15.8. The molecule has 0 aromatic heterocycles. The summed E-state index contributed by atoms with van der Waals surface area (Å²) in [6.45, 7) is 0. The smallest absolute Gasteiger partial charge is 0.417 e. The summed E-state index contributed by atoms with van der Waals surface area (Å²) in [4.78, 5) is 11.2. The summed E-state index contributed by atoms with van der Waals surface area (Å²) in [5.41, 5.74) is -4.21. The molecule has 9 heteroatoms. The minimum Gasteiger partial charge on any atom is -0.465 e. The van der Waals surface area contributed by atoms with Crippen molar-refractivity contribution < 1.29 is 35.9 Å². The number of hydrogen-bond donors (Lipinski definition) is 0. The van der Waals surface area contributed by atoms with Gasteiger partial charge in [0, 0.05) is 4.47 Å². The first-order chi connectivity index (χ1) is 8.48. The van der Waals surface area contributed by atoms with Crippen LogP contribution in [0.4, 0.5) is 26.3 Å². The lowest BCUT2D eigenvalue weighted by Gasteiger charge is -2.16. The van der Waals surface area contributed by atoms with E-state index in [-0.39, 0.29) is 6.07 Å². The number of carbonyl (C=O) groups is 1. The average molecular weight is 351 g/mol. The number of carbonyl (C=O) groups excluding carboxylic acids is 1. The predicted molar refractivity (Wildman–Crippen MR) is 55.5 cm³/mol. The van der Waals surface area contributed by atoms with Gasteiger partial charge in [0.25, 0.3) is 0 Å². The summed E-state index contributed by atoms with van der Waals surface area (Å²) in [6, 6.07) is 0.313. The van der Waals surface area contributed by atoms with Crippen molar-refractivity contribution in [3.63, 3.8) is 0 Å². The van der Waals surface area contributed by atoms with Crippen molar-refractivity contribution in [3.8, 4) is 0 Å². The molecule has 0 fully saturated rings. The van der Waals surface area contributed by atoms with Crippen LogP contribution in [0.2, 0.25) is 0 Å². The van der Waals surface area contributed by atoms with Crippen LogP contribution in [0.25, 0.3) is 0 Å². The van der Waals surface area contributed by atoms with Crippen molar-refractivity contribution in [1.82, 2.24) is 0 Å². The van der Waals surface area contributed by atoms with Crippen molar-refractivity contribution in [2.45, 2.75) is 12.4 Å². The van der Waals surface area contributed by atoms with E-state index in [1.165, 1.54) is 0 Å². The van der Waals surface area contributed by atoms with E-state index in [1.807, 2.05) is 0 Å². The normalized spacial score (nSPS) is 12.4. The van der Waals surface area contributed by atoms with Gasteiger partial charge in [0.15, 0.2) is 0 Å². The van der Waals surface area contributed by atoms with Crippen LogP contribution < -0.4 is 0 Å². The van der Waals surface area contributed by atoms with E-state index < -0.39 is 39.5 Å². The Labute approximate surface area is 111 Å². The molecule has 0 aliphatic heterocycles. The molecule has 1 rings (SSSR count). The van der Waals surface area contributed by atoms with Crippen LogP contribution >= 0.6 is 15.9 Å². The molecule has 1 aromatic carbocycles. The van der Waals surface area contributed by atoms with Crippen molar-refractivity contribution in [3.05, 3.63) is 33.3 Å². The third kappa shape index (κ3) is 3.40. The van der Waals surface area contributed by atoms with E-state index in [0.29, 0.717) is 6.07 Å². The maximum Gasteiger partial charge on any atom is 0.417 e. The SMILES string of the molecule is COC(=O)c1cc(Br)c(C(F)(F)F)cc1C(F)(F)F. The van der Waals surface area contributed by atoms with Gasteiger partial charge < -0.3 is 4.74 Å². The van der Waals surface area contributed by atoms with Crippen molar-refractivity contribution >= 4 is 21.9 Å². The molecule has 0 heterocycles. The lowest BCUT2D eigenvalue weighted by atomic mass is 10.0. The van der Waals surface area contributed by atoms with Gasteiger partial charge in [-0.25, -0.2) is 4.79 Å². The molecule has 0 saturated carbocycles. The number of hydrogen-bond acceptors (Lipinski definition) is 2. The standard InChI is InChI=1S/C10H5BrF6O2/c1-19-8(18)4-2-7(11)6(10(15,16)17)3-5(4)9(12,13)14/h2-3H,1H3. The van der Waals surface area contributed by atoms with Crippen molar-refractivity contribution in [2.75, 3.05) is 7.11 Å². The van der Waals surface area contributed by atoms with E-state index in [9.17, 15) is 31.1 Å². The van der Waals surface area contributed by atoms with Gasteiger partial charge in [-0.05, 0) is 12.1 Å². The summed E-state index contributed by atoms with van der Waals surface area (Å²) >= 11 is 2.49. The van der Waals surface area contributed by atoms with E-state index >= 15 is 0 Å². The van der Waals surface area contributed by atoms with E-state index in [4.69, 9.17) is 0 Å². The second-order valence-corrected chi connectivity index (χ2v) is 4.22. The number of methoxy groups -OCH3 is 1. The Kier molecular flexibility index (Phi) is 4.18. The van der Waals surface area contributed by atoms with Gasteiger partial charge in [0.1, 0.15) is 0 Å². The van der Waals surface area contributed by atoms with E-state index in [1.54, 1.807) is 0 Å². The highest BCUT2D eigenvalue weighted by Gasteiger charge is 2.41. The topological polar surface area (TPSA) is 26.3 Å². The molecule has 0 amide bonds. The van der Waals surface area contributed by atoms with Gasteiger partial charge >= 0.3 is 18.3 Å². The molecule has 0 spiro atoms. The highest BCUT2D eigenvalue weighted by atomic mass is 79.9. The Morgan fingerprint density at radius 2 is 1.53 bits per heavy atom. The molecule has 0 aliphatic carbocycles. The summed E-state index contributed by atoms with van der Waals surface area (Å²) in [7, 11) is 0.827. The predicted octanol–water partition coefficient (Wildman–Crippen LogP) is 4.27. The molecule has 2 nitrogen and oxygen atoms in total. The number of esters is 1. The molecule has 0 atom stereocenters. The van der Waals surface area contributed by atoms with Crippen molar-refractivity contribution in [2.24, 2.45) is 0 Å². The number of halogens is 7. The molecule has 0 bridgehead atoms. The van der Waals surface area contributed by atoms with Crippen LogP contribution in [-0.2, 0) is 17.1 Å². The molecule has 0 unspecified atom stereocenters. The fourth-order valence-electron chi connectivity index (χ4n) is 1.30. The quantitative estimate of drug-likeness (QED) is 0.558. The molecule has 106 valence electrons. The summed E-state index contributed by atoms with van der Waals surface area (Å²) in [5.74, 6) is -1.37. The van der Waals surface area contributed by atoms with Gasteiger partial charge in [0.05, 0.1) is 23.8 Å². The molecular formula is C10H5BrF6O2. The zero-order valence-electron chi connectivity index (χ0n) is 9.12. The van der Waals surface area contributed by atoms with Crippen LogP contribution in [0.1, 0.15) is 21.5 Å². The maximum atomic E-state index is 12.7. The summed E-state index contributed by atoms with van der Waals surface area (Å²) in [6.07, 6.45) is -10.1. The molecule has 0 N–H and O–H groups in total. The maximum absolute atomic E-state index is 12.7. The number of benzene rings is 1. The largest absolute Gasteiger partial charge is 0.465 e.